The maximum Gasteiger partial charge on any atom is 0.307 e. The number of nitrogens with one attached hydrogen (secondary N) is 1. The highest BCUT2D eigenvalue weighted by Gasteiger charge is 2.05. The maximum absolute atomic E-state index is 13.1. The number of halogens is 3. The Morgan fingerprint density at radius 2 is 1.00 bits per heavy atom. The fraction of sp³-hybridized carbons (Fsp3) is 0.116. The second-order valence-corrected chi connectivity index (χ2v) is 11.1. The van der Waals surface area contributed by atoms with Crippen LogP contribution in [0.15, 0.2) is 158 Å². The van der Waals surface area contributed by atoms with Gasteiger partial charge < -0.3 is 16.2 Å². The van der Waals surface area contributed by atoms with Gasteiger partial charge in [0.15, 0.2) is 0 Å². The predicted octanol–water partition coefficient (Wildman–Crippen LogP) is 9.20. The third-order valence-corrected chi connectivity index (χ3v) is 7.35. The first-order valence-electron chi connectivity index (χ1n) is 16.7. The molecule has 6 rings (SSSR count). The Bertz CT molecular complexity index is 1930. The van der Waals surface area contributed by atoms with Crippen LogP contribution in [0.5, 0.6) is 0 Å². The first-order valence-corrected chi connectivity index (χ1v) is 16.0. The Morgan fingerprint density at radius 1 is 0.588 bits per heavy atom. The van der Waals surface area contributed by atoms with Crippen molar-refractivity contribution in [2.75, 3.05) is 7.15 Å². The Hall–Kier alpha value is -5.99. The standard InChI is InChI=1S/C21H18FNO.C14H12O2.C7H8FN.CH3F/c22-20-8-4-5-17(13-20)15-23-21(24)14-16-9-11-19(12-10-16)18-6-2-1-3-7-18;15-14(16)10-11-6-8-13(9-7-11)12-4-2-1-3-5-12;8-7-3-1-2-6(4-7)5-9;1-2/h1-13H,14-15H2,(H,23,24);1-9H,10H2,(H,15,16);1-4H,5,9H2;1H3/i;;;1D. The molecule has 0 aliphatic carbocycles. The zero-order valence-electron chi connectivity index (χ0n) is 29.0. The molecule has 0 unspecified atom stereocenters. The fourth-order valence-electron chi connectivity index (χ4n) is 4.83. The summed E-state index contributed by atoms with van der Waals surface area (Å²) in [7, 11) is -1.00. The summed E-state index contributed by atoms with van der Waals surface area (Å²) in [6, 6.07) is 48.2. The summed E-state index contributed by atoms with van der Waals surface area (Å²) in [6.45, 7) is 0.733. The molecule has 0 aromatic heterocycles. The Balaban J connectivity index is 0.000000223. The molecule has 0 saturated heterocycles. The Labute approximate surface area is 298 Å². The number of amides is 1. The number of hydrogen-bond acceptors (Lipinski definition) is 3. The van der Waals surface area contributed by atoms with Crippen LogP contribution in [0.3, 0.4) is 0 Å². The van der Waals surface area contributed by atoms with Gasteiger partial charge in [-0.05, 0) is 68.8 Å². The van der Waals surface area contributed by atoms with E-state index in [4.69, 9.17) is 12.2 Å². The molecule has 8 heteroatoms. The minimum Gasteiger partial charge on any atom is -0.481 e. The largest absolute Gasteiger partial charge is 0.481 e. The van der Waals surface area contributed by atoms with E-state index < -0.39 is 13.1 Å². The zero-order valence-corrected chi connectivity index (χ0v) is 28.0. The van der Waals surface area contributed by atoms with Crippen LogP contribution in [0.25, 0.3) is 22.3 Å². The monoisotopic (exact) mass is 691 g/mol. The minimum absolute atomic E-state index is 0.0771. The van der Waals surface area contributed by atoms with E-state index in [1.165, 1.54) is 24.3 Å². The maximum atomic E-state index is 13.1. The van der Waals surface area contributed by atoms with Gasteiger partial charge in [-0.15, -0.1) is 0 Å². The summed E-state index contributed by atoms with van der Waals surface area (Å²) in [6.07, 6.45) is 0.388. The van der Waals surface area contributed by atoms with Crippen molar-refractivity contribution in [3.8, 4) is 22.3 Å². The summed E-state index contributed by atoms with van der Waals surface area (Å²) in [5, 5.41) is 11.5. The molecule has 0 aliphatic heterocycles. The van der Waals surface area contributed by atoms with Gasteiger partial charge in [0.1, 0.15) is 11.6 Å². The van der Waals surface area contributed by atoms with Gasteiger partial charge in [0, 0.05) is 13.1 Å². The number of carboxylic acids is 1. The van der Waals surface area contributed by atoms with Gasteiger partial charge in [0.25, 0.3) is 0 Å². The molecule has 0 atom stereocenters. The van der Waals surface area contributed by atoms with Crippen LogP contribution >= 0.6 is 0 Å². The van der Waals surface area contributed by atoms with Crippen molar-refractivity contribution in [1.29, 1.82) is 0 Å². The van der Waals surface area contributed by atoms with Crippen molar-refractivity contribution in [2.24, 2.45) is 5.73 Å². The van der Waals surface area contributed by atoms with Crippen LogP contribution in [-0.2, 0) is 35.5 Å². The molecular weight excluding hydrogens is 649 g/mol. The summed E-state index contributed by atoms with van der Waals surface area (Å²) < 4.78 is 40.9. The van der Waals surface area contributed by atoms with Crippen LogP contribution in [0.1, 0.15) is 23.6 Å². The summed E-state index contributed by atoms with van der Waals surface area (Å²) in [5.74, 6) is -1.39. The molecule has 1 amide bonds. The van der Waals surface area contributed by atoms with Gasteiger partial charge in [-0.2, -0.15) is 0 Å². The summed E-state index contributed by atoms with van der Waals surface area (Å²) in [5.41, 5.74) is 13.1. The van der Waals surface area contributed by atoms with Gasteiger partial charge >= 0.3 is 5.97 Å². The molecule has 4 N–H and O–H groups in total. The topological polar surface area (TPSA) is 92.4 Å². The van der Waals surface area contributed by atoms with Crippen LogP contribution in [0.2, 0.25) is 0 Å². The Morgan fingerprint density at radius 3 is 1.41 bits per heavy atom. The molecule has 51 heavy (non-hydrogen) atoms. The number of nitrogens with two attached hydrogens (primary N) is 1. The molecule has 0 aliphatic rings. The quantitative estimate of drug-likeness (QED) is 0.141. The van der Waals surface area contributed by atoms with Crippen LogP contribution < -0.4 is 11.1 Å². The summed E-state index contributed by atoms with van der Waals surface area (Å²) in [4.78, 5) is 22.5. The minimum atomic E-state index is -1.00. The van der Waals surface area contributed by atoms with E-state index >= 15 is 0 Å². The third kappa shape index (κ3) is 14.6. The van der Waals surface area contributed by atoms with E-state index in [2.05, 4.69) is 17.4 Å². The highest BCUT2D eigenvalue weighted by atomic mass is 19.1. The fourth-order valence-corrected chi connectivity index (χ4v) is 4.83. The lowest BCUT2D eigenvalue weighted by molar-refractivity contribution is -0.136. The van der Waals surface area contributed by atoms with Crippen LogP contribution in [0.4, 0.5) is 13.2 Å². The first-order chi connectivity index (χ1) is 25.2. The molecule has 262 valence electrons. The second kappa shape index (κ2) is 21.9. The van der Waals surface area contributed by atoms with Gasteiger partial charge in [0.2, 0.25) is 5.91 Å². The molecule has 0 radical (unpaired) electrons. The van der Waals surface area contributed by atoms with E-state index in [0.29, 0.717) is 19.5 Å². The lowest BCUT2D eigenvalue weighted by atomic mass is 10.0. The zero-order chi connectivity index (χ0) is 37.6. The Kier molecular flexibility index (Phi) is 16.2. The smallest absolute Gasteiger partial charge is 0.307 e. The van der Waals surface area contributed by atoms with Crippen molar-refractivity contribution in [1.82, 2.24) is 5.32 Å². The van der Waals surface area contributed by atoms with Crippen LogP contribution in [0, 0.1) is 11.6 Å². The van der Waals surface area contributed by atoms with E-state index in [-0.39, 0.29) is 24.0 Å². The number of carbonyl (C=O) groups is 2. The number of aliphatic carboxylic acids is 1. The van der Waals surface area contributed by atoms with E-state index in [0.717, 1.165) is 44.5 Å². The van der Waals surface area contributed by atoms with Crippen molar-refractivity contribution in [3.05, 3.63) is 192 Å². The van der Waals surface area contributed by atoms with E-state index in [9.17, 15) is 22.8 Å². The molecule has 5 nitrogen and oxygen atoms in total. The molecule has 0 heterocycles. The second-order valence-electron chi connectivity index (χ2n) is 11.1. The van der Waals surface area contributed by atoms with Gasteiger partial charge in [0.05, 0.1) is 21.4 Å². The van der Waals surface area contributed by atoms with Gasteiger partial charge in [-0.1, -0.05) is 133 Å². The highest BCUT2D eigenvalue weighted by molar-refractivity contribution is 5.79. The molecule has 6 aromatic rings. The lowest BCUT2D eigenvalue weighted by Gasteiger charge is -2.07. The van der Waals surface area contributed by atoms with Crippen molar-refractivity contribution < 1.29 is 29.2 Å². The number of hydrogen-bond donors (Lipinski definition) is 3. The highest BCUT2D eigenvalue weighted by Crippen LogP contribution is 2.20. The predicted molar refractivity (Wildman–Crippen MR) is 198 cm³/mol. The normalized spacial score (nSPS) is 10.1. The molecule has 0 spiro atoms. The number of rotatable bonds is 9. The molecule has 0 fully saturated rings. The SMILES string of the molecule is NCc1cccc(F)c1.O=C(Cc1ccc(-c2ccccc2)cc1)NCc1cccc(F)c1.O=C(O)Cc1ccc(-c2ccccc2)cc1.[2H]CF. The van der Waals surface area contributed by atoms with E-state index in [1.807, 2.05) is 97.1 Å². The molecule has 0 saturated carbocycles. The van der Waals surface area contributed by atoms with Crippen molar-refractivity contribution in [3.63, 3.8) is 0 Å². The molecule has 6 aromatic carbocycles. The number of carbonyl (C=O) groups excluding carboxylic acids is 1. The van der Waals surface area contributed by atoms with Gasteiger partial charge in [-0.25, -0.2) is 8.78 Å². The average Bonchev–Trinajstić information content (AvgIpc) is 3.16. The number of carboxylic acid groups (broad SMARTS) is 1. The molecular formula is C43H41F3N2O3. The number of alkyl halides is 1. The first kappa shape index (κ1) is 37.8. The van der Waals surface area contributed by atoms with Crippen molar-refractivity contribution >= 4 is 11.9 Å². The van der Waals surface area contributed by atoms with Crippen molar-refractivity contribution in [2.45, 2.75) is 25.9 Å². The van der Waals surface area contributed by atoms with Crippen LogP contribution in [-0.4, -0.2) is 24.1 Å². The van der Waals surface area contributed by atoms with E-state index in [1.54, 1.807) is 24.3 Å². The van der Waals surface area contributed by atoms with Gasteiger partial charge in [-0.3, -0.25) is 14.0 Å². The average molecular weight is 692 g/mol. The summed E-state index contributed by atoms with van der Waals surface area (Å²) >= 11 is 0. The lowest BCUT2D eigenvalue weighted by Crippen LogP contribution is -2.24. The third-order valence-electron chi connectivity index (χ3n) is 7.35. The number of benzene rings is 6. The molecule has 0 bridgehead atoms.